The molecule has 0 saturated heterocycles. The van der Waals surface area contributed by atoms with E-state index in [2.05, 4.69) is 13.5 Å². The smallest absolute Gasteiger partial charge is 0.0283 e. The highest BCUT2D eigenvalue weighted by Crippen LogP contribution is 1.84. The molecule has 0 spiro atoms. The molecule has 0 unspecified atom stereocenters. The maximum absolute atomic E-state index is 3.62. The predicted molar refractivity (Wildman–Crippen MR) is 29.3 cm³/mol. The van der Waals surface area contributed by atoms with Crippen molar-refractivity contribution in [3.63, 3.8) is 0 Å². The fourth-order valence-electron chi connectivity index (χ4n) is 0.201. The van der Waals surface area contributed by atoms with Gasteiger partial charge in [0, 0.05) is 0 Å². The first-order valence-corrected chi connectivity index (χ1v) is 1.88. The van der Waals surface area contributed by atoms with Gasteiger partial charge in [-0.05, 0) is 13.8 Å². The van der Waals surface area contributed by atoms with Gasteiger partial charge < -0.3 is 0 Å². The number of rotatable bonds is 1. The summed E-state index contributed by atoms with van der Waals surface area (Å²) < 4.78 is 0. The largest absolute Gasteiger partial charge is 0.0991 e. The molecule has 0 aromatic heterocycles. The predicted octanol–water partition coefficient (Wildman–Crippen LogP) is 1.95. The molecule has 1 radical (unpaired) electrons. The van der Waals surface area contributed by atoms with E-state index in [9.17, 15) is 0 Å². The molecule has 0 heteroatoms. The zero-order valence-electron chi connectivity index (χ0n) is 4.07. The minimum Gasteiger partial charge on any atom is -0.0991 e. The highest BCUT2D eigenvalue weighted by molar-refractivity contribution is 5.09. The van der Waals surface area contributed by atoms with Crippen molar-refractivity contribution in [1.82, 2.24) is 0 Å². The van der Waals surface area contributed by atoms with Crippen LogP contribution in [-0.4, -0.2) is 0 Å². The summed E-state index contributed by atoms with van der Waals surface area (Å²) in [6.45, 7) is 9.03. The fourth-order valence-corrected chi connectivity index (χ4v) is 0.201. The molecule has 0 saturated carbocycles. The van der Waals surface area contributed by atoms with Gasteiger partial charge in [-0.15, -0.1) is 0 Å². The van der Waals surface area contributed by atoms with Gasteiger partial charge in [-0.2, -0.15) is 0 Å². The van der Waals surface area contributed by atoms with Crippen LogP contribution in [0, 0.1) is 6.92 Å². The van der Waals surface area contributed by atoms with Gasteiger partial charge >= 0.3 is 0 Å². The minimum absolute atomic E-state index is 1.05. The third-order valence-corrected chi connectivity index (χ3v) is 0.402. The van der Waals surface area contributed by atoms with Crippen LogP contribution in [0.4, 0.5) is 0 Å². The van der Waals surface area contributed by atoms with Crippen molar-refractivity contribution in [3.8, 4) is 0 Å². The molecule has 6 heavy (non-hydrogen) atoms. The topological polar surface area (TPSA) is 0 Å². The van der Waals surface area contributed by atoms with Gasteiger partial charge in [0.1, 0.15) is 0 Å². The Bertz CT molecular complexity index is 64.1. The van der Waals surface area contributed by atoms with Crippen molar-refractivity contribution in [3.05, 3.63) is 31.2 Å². The first-order chi connectivity index (χ1) is 2.77. The third-order valence-electron chi connectivity index (χ3n) is 0.402. The number of hydrogen-bond donors (Lipinski definition) is 0. The summed E-state index contributed by atoms with van der Waals surface area (Å²) in [5.41, 5.74) is 1.05. The average molecular weight is 81.1 g/mol. The second kappa shape index (κ2) is 2.70. The summed E-state index contributed by atoms with van der Waals surface area (Å²) in [6, 6.07) is 0. The van der Waals surface area contributed by atoms with E-state index in [1.54, 1.807) is 6.08 Å². The quantitative estimate of drug-likeness (QED) is 0.423. The SMILES string of the molecule is [CH2]/C(C)=C\C=C. The van der Waals surface area contributed by atoms with E-state index in [1.807, 2.05) is 13.0 Å². The lowest BCUT2D eigenvalue weighted by atomic mass is 10.3. The summed E-state index contributed by atoms with van der Waals surface area (Å²) >= 11 is 0. The Morgan fingerprint density at radius 2 is 2.17 bits per heavy atom. The van der Waals surface area contributed by atoms with Crippen molar-refractivity contribution < 1.29 is 0 Å². The zero-order chi connectivity index (χ0) is 4.99. The third kappa shape index (κ3) is 3.48. The van der Waals surface area contributed by atoms with E-state index < -0.39 is 0 Å². The Morgan fingerprint density at radius 3 is 2.17 bits per heavy atom. The van der Waals surface area contributed by atoms with Gasteiger partial charge in [0.15, 0.2) is 0 Å². The molecule has 0 bridgehead atoms. The maximum Gasteiger partial charge on any atom is -0.0283 e. The van der Waals surface area contributed by atoms with Crippen LogP contribution in [0.15, 0.2) is 24.3 Å². The van der Waals surface area contributed by atoms with Crippen LogP contribution < -0.4 is 0 Å². The van der Waals surface area contributed by atoms with E-state index in [1.165, 1.54) is 0 Å². The maximum atomic E-state index is 3.62. The van der Waals surface area contributed by atoms with Gasteiger partial charge in [-0.1, -0.05) is 24.3 Å². The van der Waals surface area contributed by atoms with Crippen LogP contribution in [0.1, 0.15) is 6.92 Å². The zero-order valence-corrected chi connectivity index (χ0v) is 4.07. The molecule has 33 valence electrons. The monoisotopic (exact) mass is 81.1 g/mol. The molecule has 0 N–H and O–H groups in total. The Hall–Kier alpha value is -0.520. The van der Waals surface area contributed by atoms with Gasteiger partial charge in [0.2, 0.25) is 0 Å². The molecule has 0 amide bonds. The molecule has 0 aliphatic carbocycles. The van der Waals surface area contributed by atoms with Crippen molar-refractivity contribution in [2.75, 3.05) is 0 Å². The molecule has 0 nitrogen and oxygen atoms in total. The molecule has 0 aromatic rings. The van der Waals surface area contributed by atoms with E-state index in [0.29, 0.717) is 0 Å². The Labute approximate surface area is 39.2 Å². The Balaban J connectivity index is 3.41. The van der Waals surface area contributed by atoms with Crippen LogP contribution in [0.5, 0.6) is 0 Å². The number of allylic oxidation sites excluding steroid dienone is 3. The second-order valence-electron chi connectivity index (χ2n) is 1.25. The minimum atomic E-state index is 1.05. The fraction of sp³-hybridized carbons (Fsp3) is 0.167. The Kier molecular flexibility index (Phi) is 2.47. The molecule has 0 fully saturated rings. The molecule has 0 atom stereocenters. The lowest BCUT2D eigenvalue weighted by molar-refractivity contribution is 1.54. The van der Waals surface area contributed by atoms with Gasteiger partial charge in [0.05, 0.1) is 0 Å². The van der Waals surface area contributed by atoms with Crippen molar-refractivity contribution in [2.45, 2.75) is 6.92 Å². The van der Waals surface area contributed by atoms with Crippen LogP contribution in [0.25, 0.3) is 0 Å². The van der Waals surface area contributed by atoms with Crippen molar-refractivity contribution >= 4 is 0 Å². The normalized spacial score (nSPS) is 11.3. The molecule has 0 aromatic carbocycles. The molecule has 0 aliphatic rings. The molecular formula is C6H9. The van der Waals surface area contributed by atoms with Crippen LogP contribution in [0.3, 0.4) is 0 Å². The summed E-state index contributed by atoms with van der Waals surface area (Å²) in [4.78, 5) is 0. The van der Waals surface area contributed by atoms with E-state index in [4.69, 9.17) is 0 Å². The van der Waals surface area contributed by atoms with Crippen LogP contribution in [0.2, 0.25) is 0 Å². The summed E-state index contributed by atoms with van der Waals surface area (Å²) in [5, 5.41) is 0. The van der Waals surface area contributed by atoms with Crippen LogP contribution in [-0.2, 0) is 0 Å². The van der Waals surface area contributed by atoms with E-state index >= 15 is 0 Å². The van der Waals surface area contributed by atoms with Gasteiger partial charge in [-0.3, -0.25) is 0 Å². The first kappa shape index (κ1) is 5.48. The van der Waals surface area contributed by atoms with E-state index in [0.717, 1.165) is 5.57 Å². The van der Waals surface area contributed by atoms with Crippen molar-refractivity contribution in [1.29, 1.82) is 0 Å². The molecule has 0 heterocycles. The Morgan fingerprint density at radius 1 is 1.67 bits per heavy atom. The van der Waals surface area contributed by atoms with E-state index in [-0.39, 0.29) is 0 Å². The first-order valence-electron chi connectivity index (χ1n) is 1.88. The average Bonchev–Trinajstić information content (AvgIpc) is 1.35. The van der Waals surface area contributed by atoms with Crippen molar-refractivity contribution in [2.24, 2.45) is 0 Å². The summed E-state index contributed by atoms with van der Waals surface area (Å²) in [7, 11) is 0. The summed E-state index contributed by atoms with van der Waals surface area (Å²) in [5.74, 6) is 0. The lowest BCUT2D eigenvalue weighted by Gasteiger charge is -1.75. The molecular weight excluding hydrogens is 72.1 g/mol. The summed E-state index contributed by atoms with van der Waals surface area (Å²) in [6.07, 6.45) is 3.59. The number of hydrogen-bond acceptors (Lipinski definition) is 0. The molecule has 0 aliphatic heterocycles. The highest BCUT2D eigenvalue weighted by atomic mass is 13.7. The van der Waals surface area contributed by atoms with Gasteiger partial charge in [-0.25, -0.2) is 0 Å². The van der Waals surface area contributed by atoms with Crippen LogP contribution >= 0.6 is 0 Å². The second-order valence-corrected chi connectivity index (χ2v) is 1.25. The molecule has 0 rings (SSSR count). The highest BCUT2D eigenvalue weighted by Gasteiger charge is 1.63. The standard InChI is InChI=1S/C6H9/c1-4-5-6(2)3/h4-5H,1-2H2,3H3/b6-5+. The lowest BCUT2D eigenvalue weighted by Crippen LogP contribution is -1.55. The van der Waals surface area contributed by atoms with Gasteiger partial charge in [0.25, 0.3) is 0 Å².